The van der Waals surface area contributed by atoms with Gasteiger partial charge in [-0.1, -0.05) is 47.5 Å². The highest BCUT2D eigenvalue weighted by molar-refractivity contribution is 7.99. The van der Waals surface area contributed by atoms with E-state index < -0.39 is 10.8 Å². The molecule has 2 atom stereocenters. The van der Waals surface area contributed by atoms with Crippen LogP contribution in [0, 0.1) is 0 Å². The second-order valence-corrected chi connectivity index (χ2v) is 10.9. The number of nitrogens with zero attached hydrogens (tertiary/aromatic N) is 2. The highest BCUT2D eigenvalue weighted by Crippen LogP contribution is 2.39. The van der Waals surface area contributed by atoms with Gasteiger partial charge in [-0.05, 0) is 53.6 Å². The van der Waals surface area contributed by atoms with Crippen molar-refractivity contribution in [2.75, 3.05) is 7.11 Å². The first-order valence-corrected chi connectivity index (χ1v) is 13.2. The average Bonchev–Trinajstić information content (AvgIpc) is 3.35. The fourth-order valence-corrected chi connectivity index (χ4v) is 5.97. The van der Waals surface area contributed by atoms with Crippen molar-refractivity contribution in [3.05, 3.63) is 107 Å². The molecule has 0 saturated heterocycles. The number of hydrogen-bond donors (Lipinski definition) is 0. The van der Waals surface area contributed by atoms with Crippen molar-refractivity contribution in [2.45, 2.75) is 27.3 Å². The van der Waals surface area contributed by atoms with Crippen LogP contribution in [0.1, 0.15) is 16.4 Å². The summed E-state index contributed by atoms with van der Waals surface area (Å²) in [5, 5.41) is 1.18. The maximum absolute atomic E-state index is 12.9. The van der Waals surface area contributed by atoms with Gasteiger partial charge in [-0.3, -0.25) is 4.21 Å². The standard InChI is InChI=1S/C25H22Cl2N2O2S2/c1-31-20-6-2-18(3-7-20)16-33(30)22-9-4-19(5-10-22)25(15-29-13-12-28-17-29)32-21-8-11-23(26)24(27)14-21/h2-14,17,25H,15-16H2,1H3. The smallest absolute Gasteiger partial charge is 0.118 e. The Balaban J connectivity index is 1.51. The van der Waals surface area contributed by atoms with Crippen LogP contribution >= 0.6 is 35.0 Å². The third kappa shape index (κ3) is 6.42. The summed E-state index contributed by atoms with van der Waals surface area (Å²) < 4.78 is 20.1. The Hall–Kier alpha value is -2.25. The van der Waals surface area contributed by atoms with Crippen molar-refractivity contribution in [1.82, 2.24) is 9.55 Å². The molecule has 170 valence electrons. The lowest BCUT2D eigenvalue weighted by Gasteiger charge is -2.18. The van der Waals surface area contributed by atoms with E-state index in [-0.39, 0.29) is 5.25 Å². The zero-order valence-corrected chi connectivity index (χ0v) is 21.0. The molecular formula is C25H22Cl2N2O2S2. The molecule has 0 amide bonds. The van der Waals surface area contributed by atoms with Crippen LogP contribution in [0.5, 0.6) is 5.75 Å². The maximum Gasteiger partial charge on any atom is 0.118 e. The summed E-state index contributed by atoms with van der Waals surface area (Å²) in [6, 6.07) is 21.3. The van der Waals surface area contributed by atoms with E-state index in [2.05, 4.69) is 4.98 Å². The number of thioether (sulfide) groups is 1. The molecule has 0 aliphatic carbocycles. The van der Waals surface area contributed by atoms with Gasteiger partial charge in [0.2, 0.25) is 0 Å². The lowest BCUT2D eigenvalue weighted by molar-refractivity contribution is 0.414. The summed E-state index contributed by atoms with van der Waals surface area (Å²) in [4.78, 5) is 5.99. The molecule has 4 nitrogen and oxygen atoms in total. The molecule has 0 radical (unpaired) electrons. The molecule has 2 unspecified atom stereocenters. The number of halogens is 2. The Labute approximate surface area is 210 Å². The van der Waals surface area contributed by atoms with Crippen molar-refractivity contribution in [2.24, 2.45) is 0 Å². The minimum Gasteiger partial charge on any atom is -0.497 e. The minimum atomic E-state index is -1.13. The molecule has 1 heterocycles. The fourth-order valence-electron chi connectivity index (χ4n) is 3.30. The summed E-state index contributed by atoms with van der Waals surface area (Å²) in [5.74, 6) is 1.25. The van der Waals surface area contributed by atoms with Crippen LogP contribution in [0.15, 0.2) is 95.2 Å². The van der Waals surface area contributed by atoms with Gasteiger partial charge >= 0.3 is 0 Å². The first-order chi connectivity index (χ1) is 16.0. The lowest BCUT2D eigenvalue weighted by atomic mass is 10.1. The molecule has 0 N–H and O–H groups in total. The van der Waals surface area contributed by atoms with Crippen LogP contribution < -0.4 is 4.74 Å². The van der Waals surface area contributed by atoms with Gasteiger partial charge in [0.15, 0.2) is 0 Å². The third-order valence-electron chi connectivity index (χ3n) is 5.08. The van der Waals surface area contributed by atoms with E-state index in [0.29, 0.717) is 15.8 Å². The Morgan fingerprint density at radius 2 is 1.79 bits per heavy atom. The monoisotopic (exact) mass is 516 g/mol. The van der Waals surface area contributed by atoms with Gasteiger partial charge in [0.25, 0.3) is 0 Å². The summed E-state index contributed by atoms with van der Waals surface area (Å²) >= 11 is 14.0. The normalized spacial score (nSPS) is 12.9. The van der Waals surface area contributed by atoms with Crippen molar-refractivity contribution in [3.8, 4) is 5.75 Å². The summed E-state index contributed by atoms with van der Waals surface area (Å²) in [6.45, 7) is 0.735. The lowest BCUT2D eigenvalue weighted by Crippen LogP contribution is -2.05. The number of benzene rings is 3. The van der Waals surface area contributed by atoms with E-state index in [1.54, 1.807) is 31.4 Å². The van der Waals surface area contributed by atoms with Gasteiger partial charge in [0.05, 0.1) is 45.3 Å². The summed E-state index contributed by atoms with van der Waals surface area (Å²) in [7, 11) is 0.499. The quantitative estimate of drug-likeness (QED) is 0.224. The van der Waals surface area contributed by atoms with Crippen LogP contribution in [0.3, 0.4) is 0 Å². The summed E-state index contributed by atoms with van der Waals surface area (Å²) in [6.07, 6.45) is 5.52. The molecule has 3 aromatic carbocycles. The van der Waals surface area contributed by atoms with Gasteiger partial charge in [0.1, 0.15) is 5.75 Å². The number of aromatic nitrogens is 2. The van der Waals surface area contributed by atoms with Crippen molar-refractivity contribution < 1.29 is 8.95 Å². The number of imidazole rings is 1. The molecule has 1 aromatic heterocycles. The molecule has 0 spiro atoms. The van der Waals surface area contributed by atoms with Gasteiger partial charge in [-0.15, -0.1) is 11.8 Å². The largest absolute Gasteiger partial charge is 0.497 e. The maximum atomic E-state index is 12.9. The molecule has 0 bridgehead atoms. The molecule has 33 heavy (non-hydrogen) atoms. The number of hydrogen-bond acceptors (Lipinski definition) is 4. The topological polar surface area (TPSA) is 44.1 Å². The highest BCUT2D eigenvalue weighted by Gasteiger charge is 2.16. The van der Waals surface area contributed by atoms with Crippen molar-refractivity contribution >= 4 is 45.8 Å². The zero-order valence-electron chi connectivity index (χ0n) is 17.9. The second-order valence-electron chi connectivity index (χ2n) is 7.35. The minimum absolute atomic E-state index is 0.112. The van der Waals surface area contributed by atoms with Crippen LogP contribution in [0.4, 0.5) is 0 Å². The summed E-state index contributed by atoms with van der Waals surface area (Å²) in [5.41, 5.74) is 2.14. The molecule has 4 aromatic rings. The first kappa shape index (κ1) is 23.9. The SMILES string of the molecule is COc1ccc(CS(=O)c2ccc(C(Cn3ccnc3)Sc3ccc(Cl)c(Cl)c3)cc2)cc1. The Bertz CT molecular complexity index is 1210. The molecule has 8 heteroatoms. The Morgan fingerprint density at radius 3 is 2.42 bits per heavy atom. The molecule has 0 saturated carbocycles. The molecule has 0 aliphatic rings. The Kier molecular flexibility index (Phi) is 8.15. The van der Waals surface area contributed by atoms with Gasteiger partial charge in [0, 0.05) is 28.7 Å². The number of rotatable bonds is 9. The third-order valence-corrected chi connectivity index (χ3v) is 8.44. The predicted octanol–water partition coefficient (Wildman–Crippen LogP) is 7.04. The highest BCUT2D eigenvalue weighted by atomic mass is 35.5. The van der Waals surface area contributed by atoms with Crippen molar-refractivity contribution in [1.29, 1.82) is 0 Å². The Morgan fingerprint density at radius 1 is 1.03 bits per heavy atom. The zero-order chi connectivity index (χ0) is 23.2. The van der Waals surface area contributed by atoms with Gasteiger partial charge < -0.3 is 9.30 Å². The predicted molar refractivity (Wildman–Crippen MR) is 137 cm³/mol. The molecular weight excluding hydrogens is 495 g/mol. The average molecular weight is 518 g/mol. The molecule has 4 rings (SSSR count). The van der Waals surface area contributed by atoms with Crippen LogP contribution in [-0.2, 0) is 23.1 Å². The number of methoxy groups -OCH3 is 1. The van der Waals surface area contributed by atoms with Crippen molar-refractivity contribution in [3.63, 3.8) is 0 Å². The van der Waals surface area contributed by atoms with E-state index in [0.717, 1.165) is 33.2 Å². The number of ether oxygens (including phenoxy) is 1. The fraction of sp³-hybridized carbons (Fsp3) is 0.160. The van der Waals surface area contributed by atoms with E-state index in [1.165, 1.54) is 0 Å². The van der Waals surface area contributed by atoms with E-state index in [9.17, 15) is 4.21 Å². The molecule has 0 aliphatic heterocycles. The van der Waals surface area contributed by atoms with Crippen LogP contribution in [0.25, 0.3) is 0 Å². The molecule has 0 fully saturated rings. The van der Waals surface area contributed by atoms with Gasteiger partial charge in [-0.2, -0.15) is 0 Å². The second kappa shape index (κ2) is 11.3. The van der Waals surface area contributed by atoms with E-state index in [1.807, 2.05) is 77.5 Å². The van der Waals surface area contributed by atoms with Crippen LogP contribution in [-0.4, -0.2) is 20.9 Å². The van der Waals surface area contributed by atoms with Crippen LogP contribution in [0.2, 0.25) is 10.0 Å². The van der Waals surface area contributed by atoms with E-state index >= 15 is 0 Å². The first-order valence-electron chi connectivity index (χ1n) is 10.2. The van der Waals surface area contributed by atoms with Gasteiger partial charge in [-0.25, -0.2) is 4.98 Å². The van der Waals surface area contributed by atoms with E-state index in [4.69, 9.17) is 27.9 Å².